The first kappa shape index (κ1) is 10.9. The van der Waals surface area contributed by atoms with Gasteiger partial charge in [-0.05, 0) is 51.5 Å². The van der Waals surface area contributed by atoms with Crippen LogP contribution in [0.5, 0.6) is 0 Å². The van der Waals surface area contributed by atoms with Crippen LogP contribution in [0.4, 0.5) is 0 Å². The summed E-state index contributed by atoms with van der Waals surface area (Å²) in [7, 11) is 2.20. The molecule has 0 spiro atoms. The fourth-order valence-electron chi connectivity index (χ4n) is 2.62. The van der Waals surface area contributed by atoms with Gasteiger partial charge in [0.05, 0.1) is 5.92 Å². The highest BCUT2D eigenvalue weighted by Gasteiger charge is 2.30. The quantitative estimate of drug-likeness (QED) is 0.773. The van der Waals surface area contributed by atoms with E-state index in [2.05, 4.69) is 11.9 Å². The molecule has 2 rings (SSSR count). The van der Waals surface area contributed by atoms with Crippen LogP contribution in [0.2, 0.25) is 0 Å². The molecule has 86 valence electrons. The van der Waals surface area contributed by atoms with Gasteiger partial charge in [-0.3, -0.25) is 4.79 Å². The molecule has 0 saturated heterocycles. The van der Waals surface area contributed by atoms with Gasteiger partial charge in [-0.2, -0.15) is 0 Å². The Morgan fingerprint density at radius 1 is 1.20 bits per heavy atom. The molecule has 0 unspecified atom stereocenters. The monoisotopic (exact) mass is 211 g/mol. The highest BCUT2D eigenvalue weighted by Crippen LogP contribution is 2.32. The maximum Gasteiger partial charge on any atom is 0.306 e. The van der Waals surface area contributed by atoms with E-state index in [1.165, 1.54) is 19.4 Å². The molecule has 0 aromatic rings. The van der Waals surface area contributed by atoms with Crippen molar-refractivity contribution in [3.05, 3.63) is 0 Å². The predicted octanol–water partition coefficient (Wildman–Crippen LogP) is 1.97. The van der Waals surface area contributed by atoms with Crippen molar-refractivity contribution in [1.82, 2.24) is 4.90 Å². The Labute approximate surface area is 91.5 Å². The Morgan fingerprint density at radius 3 is 2.27 bits per heavy atom. The lowest BCUT2D eigenvalue weighted by Crippen LogP contribution is -2.37. The fraction of sp³-hybridized carbons (Fsp3) is 0.917. The molecular weight excluding hydrogens is 190 g/mol. The second-order valence-corrected chi connectivity index (χ2v) is 5.23. The minimum atomic E-state index is -0.599. The first-order valence-electron chi connectivity index (χ1n) is 6.10. The molecule has 0 aliphatic heterocycles. The Morgan fingerprint density at radius 2 is 1.80 bits per heavy atom. The van der Waals surface area contributed by atoms with Crippen molar-refractivity contribution < 1.29 is 9.90 Å². The van der Waals surface area contributed by atoms with E-state index in [0.29, 0.717) is 6.04 Å². The van der Waals surface area contributed by atoms with Crippen LogP contribution in [0.3, 0.4) is 0 Å². The first-order valence-corrected chi connectivity index (χ1v) is 6.10. The van der Waals surface area contributed by atoms with Crippen LogP contribution in [0.15, 0.2) is 0 Å². The normalized spacial score (nSPS) is 31.9. The predicted molar refractivity (Wildman–Crippen MR) is 58.7 cm³/mol. The van der Waals surface area contributed by atoms with Crippen molar-refractivity contribution in [1.29, 1.82) is 0 Å². The minimum absolute atomic E-state index is 0.0735. The second-order valence-electron chi connectivity index (χ2n) is 5.23. The maximum absolute atomic E-state index is 10.8. The smallest absolute Gasteiger partial charge is 0.306 e. The molecule has 0 amide bonds. The summed E-state index contributed by atoms with van der Waals surface area (Å²) < 4.78 is 0. The van der Waals surface area contributed by atoms with Crippen LogP contribution in [-0.2, 0) is 4.79 Å². The lowest BCUT2D eigenvalue weighted by atomic mass is 9.85. The van der Waals surface area contributed by atoms with Crippen LogP contribution in [0.25, 0.3) is 0 Å². The molecule has 2 saturated carbocycles. The second kappa shape index (κ2) is 4.52. The van der Waals surface area contributed by atoms with Gasteiger partial charge >= 0.3 is 5.97 Å². The van der Waals surface area contributed by atoms with E-state index < -0.39 is 5.97 Å². The number of aliphatic carboxylic acids is 1. The number of hydrogen-bond acceptors (Lipinski definition) is 2. The van der Waals surface area contributed by atoms with Gasteiger partial charge in [-0.15, -0.1) is 0 Å². The van der Waals surface area contributed by atoms with Gasteiger partial charge < -0.3 is 10.0 Å². The van der Waals surface area contributed by atoms with E-state index in [1.54, 1.807) is 0 Å². The SMILES string of the molecule is CN(CC1CC1)C1CCC(C(=O)O)CC1. The molecule has 2 aliphatic rings. The van der Waals surface area contributed by atoms with Crippen LogP contribution in [0, 0.1) is 11.8 Å². The zero-order chi connectivity index (χ0) is 10.8. The zero-order valence-corrected chi connectivity index (χ0v) is 9.48. The largest absolute Gasteiger partial charge is 0.481 e. The third-order valence-electron chi connectivity index (χ3n) is 3.91. The Bertz CT molecular complexity index is 230. The van der Waals surface area contributed by atoms with Crippen molar-refractivity contribution >= 4 is 5.97 Å². The van der Waals surface area contributed by atoms with Crippen LogP contribution >= 0.6 is 0 Å². The van der Waals surface area contributed by atoms with Gasteiger partial charge in [-0.1, -0.05) is 0 Å². The first-order chi connectivity index (χ1) is 7.16. The standard InChI is InChI=1S/C12H21NO2/c1-13(8-9-2-3-9)11-6-4-10(5-7-11)12(14)15/h9-11H,2-8H2,1H3,(H,14,15). The summed E-state index contributed by atoms with van der Waals surface area (Å²) in [6.07, 6.45) is 6.67. The van der Waals surface area contributed by atoms with Gasteiger partial charge in [0.15, 0.2) is 0 Å². The number of hydrogen-bond donors (Lipinski definition) is 1. The number of nitrogens with zero attached hydrogens (tertiary/aromatic N) is 1. The van der Waals surface area contributed by atoms with Gasteiger partial charge in [0, 0.05) is 12.6 Å². The van der Waals surface area contributed by atoms with Crippen molar-refractivity contribution in [2.24, 2.45) is 11.8 Å². The average Bonchev–Trinajstić information content (AvgIpc) is 3.02. The third-order valence-corrected chi connectivity index (χ3v) is 3.91. The number of rotatable bonds is 4. The summed E-state index contributed by atoms with van der Waals surface area (Å²) in [5.74, 6) is 0.265. The van der Waals surface area contributed by atoms with Gasteiger partial charge in [0.25, 0.3) is 0 Å². The Hall–Kier alpha value is -0.570. The van der Waals surface area contributed by atoms with E-state index in [0.717, 1.165) is 31.6 Å². The molecule has 0 aromatic heterocycles. The Balaban J connectivity index is 1.74. The lowest BCUT2D eigenvalue weighted by molar-refractivity contribution is -0.143. The molecule has 1 N–H and O–H groups in total. The van der Waals surface area contributed by atoms with Gasteiger partial charge in [0.1, 0.15) is 0 Å². The summed E-state index contributed by atoms with van der Waals surface area (Å²) in [6, 6.07) is 0.640. The molecule has 2 aliphatic carbocycles. The minimum Gasteiger partial charge on any atom is -0.481 e. The molecule has 2 fully saturated rings. The molecule has 0 atom stereocenters. The van der Waals surface area contributed by atoms with Crippen molar-refractivity contribution in [3.63, 3.8) is 0 Å². The summed E-state index contributed by atoms with van der Waals surface area (Å²) >= 11 is 0. The summed E-state index contributed by atoms with van der Waals surface area (Å²) in [6.45, 7) is 1.22. The Kier molecular flexibility index (Phi) is 3.29. The molecule has 3 nitrogen and oxygen atoms in total. The molecular formula is C12H21NO2. The van der Waals surface area contributed by atoms with Crippen molar-refractivity contribution in [2.75, 3.05) is 13.6 Å². The topological polar surface area (TPSA) is 40.5 Å². The summed E-state index contributed by atoms with van der Waals surface area (Å²) in [5, 5.41) is 8.90. The third kappa shape index (κ3) is 2.94. The van der Waals surface area contributed by atoms with Crippen LogP contribution in [0.1, 0.15) is 38.5 Å². The maximum atomic E-state index is 10.8. The zero-order valence-electron chi connectivity index (χ0n) is 9.48. The molecule has 0 heterocycles. The number of carbonyl (C=O) groups is 1. The number of carboxylic acids is 1. The van der Waals surface area contributed by atoms with E-state index in [1.807, 2.05) is 0 Å². The van der Waals surface area contributed by atoms with E-state index in [-0.39, 0.29) is 5.92 Å². The molecule has 0 radical (unpaired) electrons. The van der Waals surface area contributed by atoms with Gasteiger partial charge in [0.2, 0.25) is 0 Å². The van der Waals surface area contributed by atoms with E-state index in [4.69, 9.17) is 5.11 Å². The fourth-order valence-corrected chi connectivity index (χ4v) is 2.62. The van der Waals surface area contributed by atoms with Crippen LogP contribution < -0.4 is 0 Å². The van der Waals surface area contributed by atoms with Crippen molar-refractivity contribution in [3.8, 4) is 0 Å². The lowest BCUT2D eigenvalue weighted by Gasteiger charge is -2.33. The highest BCUT2D eigenvalue weighted by atomic mass is 16.4. The average molecular weight is 211 g/mol. The summed E-state index contributed by atoms with van der Waals surface area (Å²) in [4.78, 5) is 13.3. The highest BCUT2D eigenvalue weighted by molar-refractivity contribution is 5.70. The molecule has 0 aromatic carbocycles. The van der Waals surface area contributed by atoms with E-state index in [9.17, 15) is 4.79 Å². The number of carboxylic acid groups (broad SMARTS) is 1. The molecule has 3 heteroatoms. The van der Waals surface area contributed by atoms with Crippen LogP contribution in [-0.4, -0.2) is 35.6 Å². The molecule has 15 heavy (non-hydrogen) atoms. The summed E-state index contributed by atoms with van der Waals surface area (Å²) in [5.41, 5.74) is 0. The molecule has 0 bridgehead atoms. The van der Waals surface area contributed by atoms with E-state index >= 15 is 0 Å². The van der Waals surface area contributed by atoms with Gasteiger partial charge in [-0.25, -0.2) is 0 Å². The van der Waals surface area contributed by atoms with Crippen molar-refractivity contribution in [2.45, 2.75) is 44.6 Å².